The van der Waals surface area contributed by atoms with Crippen molar-refractivity contribution in [2.24, 2.45) is 0 Å². The molecule has 0 N–H and O–H groups in total. The van der Waals surface area contributed by atoms with E-state index in [9.17, 15) is 10.1 Å². The third-order valence-corrected chi connectivity index (χ3v) is 3.51. The van der Waals surface area contributed by atoms with Gasteiger partial charge in [-0.3, -0.25) is 10.1 Å². The molecule has 0 saturated carbocycles. The predicted octanol–water partition coefficient (Wildman–Crippen LogP) is 3.81. The molecule has 2 aromatic carbocycles. The Morgan fingerprint density at radius 3 is 2.05 bits per heavy atom. The van der Waals surface area contributed by atoms with Gasteiger partial charge in [0.2, 0.25) is 0 Å². The van der Waals surface area contributed by atoms with E-state index in [1.54, 1.807) is 12.1 Å². The molecule has 0 saturated heterocycles. The zero-order chi connectivity index (χ0) is 13.7. The molecule has 0 spiro atoms. The van der Waals surface area contributed by atoms with E-state index in [0.29, 0.717) is 6.42 Å². The Hall–Kier alpha value is -2.32. The predicted molar refractivity (Wildman–Crippen MR) is 73.0 cm³/mol. The average molecular weight is 270 g/mol. The summed E-state index contributed by atoms with van der Waals surface area (Å²) in [5.41, 5.74) is 1.07. The van der Waals surface area contributed by atoms with Gasteiger partial charge in [0.25, 0.3) is 5.69 Å². The standard InChI is InChI=1S/C14H10N2O2S/c15-10-9-11-1-5-13(6-2-11)19-14-7-3-12(4-8-14)16(17)18/h1-8H,9H2. The number of nitriles is 1. The van der Waals surface area contributed by atoms with Crippen molar-refractivity contribution in [2.75, 3.05) is 0 Å². The van der Waals surface area contributed by atoms with E-state index in [2.05, 4.69) is 6.07 Å². The fourth-order valence-corrected chi connectivity index (χ4v) is 2.36. The summed E-state index contributed by atoms with van der Waals surface area (Å²) in [7, 11) is 0. The van der Waals surface area contributed by atoms with Crippen LogP contribution in [0.25, 0.3) is 0 Å². The molecule has 0 unspecified atom stereocenters. The Labute approximate surface area is 114 Å². The first-order chi connectivity index (χ1) is 9.19. The molecule has 2 rings (SSSR count). The maximum atomic E-state index is 10.5. The van der Waals surface area contributed by atoms with Gasteiger partial charge in [-0.2, -0.15) is 5.26 Å². The van der Waals surface area contributed by atoms with Crippen LogP contribution < -0.4 is 0 Å². The normalized spacial score (nSPS) is 9.84. The molecule has 2 aromatic rings. The molecule has 0 atom stereocenters. The smallest absolute Gasteiger partial charge is 0.258 e. The molecule has 0 aromatic heterocycles. The second-order valence-electron chi connectivity index (χ2n) is 3.83. The highest BCUT2D eigenvalue weighted by Gasteiger charge is 2.04. The molecule has 19 heavy (non-hydrogen) atoms. The van der Waals surface area contributed by atoms with Crippen LogP contribution in [0.2, 0.25) is 0 Å². The minimum absolute atomic E-state index is 0.0914. The van der Waals surface area contributed by atoms with E-state index in [1.807, 2.05) is 24.3 Å². The summed E-state index contributed by atoms with van der Waals surface area (Å²) in [6.07, 6.45) is 0.405. The van der Waals surface area contributed by atoms with Crippen molar-refractivity contribution in [1.82, 2.24) is 0 Å². The first-order valence-electron chi connectivity index (χ1n) is 5.57. The number of hydrogen-bond acceptors (Lipinski definition) is 4. The highest BCUT2D eigenvalue weighted by molar-refractivity contribution is 7.99. The van der Waals surface area contributed by atoms with Gasteiger partial charge < -0.3 is 0 Å². The van der Waals surface area contributed by atoms with Crippen LogP contribution in [0.1, 0.15) is 5.56 Å². The molecule has 0 radical (unpaired) electrons. The van der Waals surface area contributed by atoms with Crippen molar-refractivity contribution in [3.8, 4) is 6.07 Å². The SMILES string of the molecule is N#CCc1ccc(Sc2ccc([N+](=O)[O-])cc2)cc1. The molecule has 0 aliphatic heterocycles. The topological polar surface area (TPSA) is 66.9 Å². The Morgan fingerprint density at radius 1 is 1.05 bits per heavy atom. The van der Waals surface area contributed by atoms with Crippen molar-refractivity contribution >= 4 is 17.4 Å². The molecule has 0 aliphatic carbocycles. The zero-order valence-electron chi connectivity index (χ0n) is 9.95. The summed E-state index contributed by atoms with van der Waals surface area (Å²) in [4.78, 5) is 12.1. The fraction of sp³-hybridized carbons (Fsp3) is 0.0714. The summed E-state index contributed by atoms with van der Waals surface area (Å²) in [5, 5.41) is 19.1. The maximum absolute atomic E-state index is 10.5. The number of nitrogens with zero attached hydrogens (tertiary/aromatic N) is 2. The number of rotatable bonds is 4. The van der Waals surface area contributed by atoms with Gasteiger partial charge in [0.15, 0.2) is 0 Å². The summed E-state index contributed by atoms with van der Waals surface area (Å²) < 4.78 is 0. The van der Waals surface area contributed by atoms with Crippen molar-refractivity contribution in [3.05, 3.63) is 64.2 Å². The molecule has 4 nitrogen and oxygen atoms in total. The Bertz CT molecular complexity index is 615. The van der Waals surface area contributed by atoms with Crippen LogP contribution in [0.15, 0.2) is 58.3 Å². The number of hydrogen-bond donors (Lipinski definition) is 0. The summed E-state index contributed by atoms with van der Waals surface area (Å²) in [5.74, 6) is 0. The van der Waals surface area contributed by atoms with Gasteiger partial charge in [-0.05, 0) is 29.8 Å². The van der Waals surface area contributed by atoms with Crippen molar-refractivity contribution in [2.45, 2.75) is 16.2 Å². The second-order valence-corrected chi connectivity index (χ2v) is 4.98. The van der Waals surface area contributed by atoms with Gasteiger partial charge in [-0.25, -0.2) is 0 Å². The first-order valence-corrected chi connectivity index (χ1v) is 6.39. The quantitative estimate of drug-likeness (QED) is 0.625. The van der Waals surface area contributed by atoms with Crippen LogP contribution in [-0.2, 0) is 6.42 Å². The highest BCUT2D eigenvalue weighted by atomic mass is 32.2. The lowest BCUT2D eigenvalue weighted by Crippen LogP contribution is -1.86. The summed E-state index contributed by atoms with van der Waals surface area (Å²) in [6.45, 7) is 0. The van der Waals surface area contributed by atoms with E-state index in [1.165, 1.54) is 23.9 Å². The third kappa shape index (κ3) is 3.57. The number of nitro benzene ring substituents is 1. The first kappa shape index (κ1) is 13.1. The Kier molecular flexibility index (Phi) is 4.16. The van der Waals surface area contributed by atoms with Gasteiger partial charge in [-0.1, -0.05) is 23.9 Å². The number of nitro groups is 1. The molecule has 0 aliphatic rings. The van der Waals surface area contributed by atoms with E-state index in [4.69, 9.17) is 5.26 Å². The fourth-order valence-electron chi connectivity index (χ4n) is 1.54. The minimum atomic E-state index is -0.412. The van der Waals surface area contributed by atoms with Crippen LogP contribution in [0.4, 0.5) is 5.69 Å². The molecular weight excluding hydrogens is 260 g/mol. The zero-order valence-corrected chi connectivity index (χ0v) is 10.8. The lowest BCUT2D eigenvalue weighted by Gasteiger charge is -2.02. The monoisotopic (exact) mass is 270 g/mol. The van der Waals surface area contributed by atoms with E-state index in [-0.39, 0.29) is 5.69 Å². The van der Waals surface area contributed by atoms with Gasteiger partial charge in [0.1, 0.15) is 0 Å². The second kappa shape index (κ2) is 6.03. The Balaban J connectivity index is 2.08. The van der Waals surface area contributed by atoms with E-state index >= 15 is 0 Å². The van der Waals surface area contributed by atoms with Crippen LogP contribution in [0.5, 0.6) is 0 Å². The molecule has 0 heterocycles. The van der Waals surface area contributed by atoms with Gasteiger partial charge in [-0.15, -0.1) is 0 Å². The summed E-state index contributed by atoms with van der Waals surface area (Å²) >= 11 is 1.53. The molecule has 0 amide bonds. The van der Waals surface area contributed by atoms with Crippen LogP contribution in [0, 0.1) is 21.4 Å². The average Bonchev–Trinajstić information content (AvgIpc) is 2.42. The maximum Gasteiger partial charge on any atom is 0.269 e. The number of benzene rings is 2. The highest BCUT2D eigenvalue weighted by Crippen LogP contribution is 2.29. The number of non-ortho nitro benzene ring substituents is 1. The van der Waals surface area contributed by atoms with Gasteiger partial charge in [0.05, 0.1) is 17.4 Å². The van der Waals surface area contributed by atoms with E-state index < -0.39 is 4.92 Å². The van der Waals surface area contributed by atoms with Gasteiger partial charge >= 0.3 is 0 Å². The van der Waals surface area contributed by atoms with Crippen LogP contribution >= 0.6 is 11.8 Å². The third-order valence-electron chi connectivity index (χ3n) is 2.49. The molecule has 0 bridgehead atoms. The molecule has 5 heteroatoms. The molecule has 0 fully saturated rings. The van der Waals surface area contributed by atoms with Gasteiger partial charge in [0, 0.05) is 21.9 Å². The molecule has 94 valence electrons. The largest absolute Gasteiger partial charge is 0.269 e. The Morgan fingerprint density at radius 2 is 1.58 bits per heavy atom. The summed E-state index contributed by atoms with van der Waals surface area (Å²) in [6, 6.07) is 16.3. The minimum Gasteiger partial charge on any atom is -0.258 e. The van der Waals surface area contributed by atoms with Crippen LogP contribution in [-0.4, -0.2) is 4.92 Å². The van der Waals surface area contributed by atoms with Crippen molar-refractivity contribution < 1.29 is 4.92 Å². The lowest BCUT2D eigenvalue weighted by molar-refractivity contribution is -0.384. The van der Waals surface area contributed by atoms with Crippen molar-refractivity contribution in [3.63, 3.8) is 0 Å². The van der Waals surface area contributed by atoms with Crippen LogP contribution in [0.3, 0.4) is 0 Å². The molecular formula is C14H10N2O2S. The van der Waals surface area contributed by atoms with E-state index in [0.717, 1.165) is 15.4 Å². The lowest BCUT2D eigenvalue weighted by atomic mass is 10.2. The van der Waals surface area contributed by atoms with Crippen molar-refractivity contribution in [1.29, 1.82) is 5.26 Å².